The van der Waals surface area contributed by atoms with Crippen LogP contribution in [-0.4, -0.2) is 13.2 Å². The molecule has 26 heavy (non-hydrogen) atoms. The fraction of sp³-hybridized carbons (Fsp3) is 0.143. The lowest BCUT2D eigenvalue weighted by molar-refractivity contribution is 0.216. The van der Waals surface area contributed by atoms with Crippen LogP contribution in [0.1, 0.15) is 5.56 Å². The first-order valence-electron chi connectivity index (χ1n) is 8.30. The molecule has 0 radical (unpaired) electrons. The number of hydrogen-bond donors (Lipinski definition) is 1. The Morgan fingerprint density at radius 1 is 0.769 bits per heavy atom. The smallest absolute Gasteiger partial charge is 0.124 e. The van der Waals surface area contributed by atoms with E-state index in [2.05, 4.69) is 5.32 Å². The third-order valence-electron chi connectivity index (χ3n) is 3.73. The van der Waals surface area contributed by atoms with Gasteiger partial charge in [-0.15, -0.1) is 0 Å². The van der Waals surface area contributed by atoms with Gasteiger partial charge in [-0.2, -0.15) is 0 Å². The summed E-state index contributed by atoms with van der Waals surface area (Å²) < 4.78 is 11.5. The van der Waals surface area contributed by atoms with Crippen LogP contribution in [0.5, 0.6) is 11.5 Å². The summed E-state index contributed by atoms with van der Waals surface area (Å²) in [5.41, 5.74) is 1.87. The van der Waals surface area contributed by atoms with Crippen molar-refractivity contribution >= 4 is 28.9 Å². The van der Waals surface area contributed by atoms with Crippen molar-refractivity contribution in [3.05, 3.63) is 88.4 Å². The maximum Gasteiger partial charge on any atom is 0.124 e. The van der Waals surface area contributed by atoms with E-state index < -0.39 is 0 Å². The van der Waals surface area contributed by atoms with Crippen LogP contribution in [-0.2, 0) is 6.54 Å². The Morgan fingerprint density at radius 3 is 2.31 bits per heavy atom. The average Bonchev–Trinajstić information content (AvgIpc) is 2.66. The summed E-state index contributed by atoms with van der Waals surface area (Å²) in [6, 6.07) is 23.0. The second kappa shape index (κ2) is 9.37. The molecule has 0 spiro atoms. The van der Waals surface area contributed by atoms with Crippen molar-refractivity contribution in [2.75, 3.05) is 18.5 Å². The van der Waals surface area contributed by atoms with Crippen molar-refractivity contribution in [3.63, 3.8) is 0 Å². The molecule has 0 bridgehead atoms. The second-order valence-corrected chi connectivity index (χ2v) is 6.44. The van der Waals surface area contributed by atoms with Crippen molar-refractivity contribution in [1.29, 1.82) is 0 Å². The molecule has 0 aromatic heterocycles. The van der Waals surface area contributed by atoms with E-state index in [1.54, 1.807) is 12.1 Å². The van der Waals surface area contributed by atoms with Gasteiger partial charge < -0.3 is 14.8 Å². The molecule has 0 unspecified atom stereocenters. The minimum Gasteiger partial charge on any atom is -0.490 e. The predicted octanol–water partition coefficient (Wildman–Crippen LogP) is 6.06. The molecule has 0 fully saturated rings. The van der Waals surface area contributed by atoms with Gasteiger partial charge in [0.1, 0.15) is 24.7 Å². The zero-order valence-electron chi connectivity index (χ0n) is 14.1. The zero-order chi connectivity index (χ0) is 18.2. The Kier molecular flexibility index (Phi) is 6.64. The lowest BCUT2D eigenvalue weighted by atomic mass is 10.2. The van der Waals surface area contributed by atoms with Gasteiger partial charge in [-0.05, 0) is 36.4 Å². The Bertz CT molecular complexity index is 840. The SMILES string of the molecule is Clc1ccc(NCc2ccccc2OCCOc2ccccc2)c(Cl)c1. The van der Waals surface area contributed by atoms with E-state index in [4.69, 9.17) is 32.7 Å². The molecule has 0 aliphatic rings. The fourth-order valence-corrected chi connectivity index (χ4v) is 2.92. The largest absolute Gasteiger partial charge is 0.490 e. The molecule has 3 nitrogen and oxygen atoms in total. The third-order valence-corrected chi connectivity index (χ3v) is 4.27. The van der Waals surface area contributed by atoms with E-state index in [1.807, 2.05) is 60.7 Å². The first kappa shape index (κ1) is 18.4. The van der Waals surface area contributed by atoms with Gasteiger partial charge in [0.25, 0.3) is 0 Å². The Labute approximate surface area is 163 Å². The van der Waals surface area contributed by atoms with Crippen molar-refractivity contribution in [2.45, 2.75) is 6.54 Å². The highest BCUT2D eigenvalue weighted by atomic mass is 35.5. The van der Waals surface area contributed by atoms with Crippen LogP contribution in [0.25, 0.3) is 0 Å². The van der Waals surface area contributed by atoms with Crippen LogP contribution >= 0.6 is 23.2 Å². The molecule has 3 aromatic carbocycles. The van der Waals surface area contributed by atoms with Crippen LogP contribution in [0.2, 0.25) is 10.0 Å². The number of ether oxygens (including phenoxy) is 2. The molecule has 5 heteroatoms. The topological polar surface area (TPSA) is 30.5 Å². The number of anilines is 1. The minimum absolute atomic E-state index is 0.466. The summed E-state index contributed by atoms with van der Waals surface area (Å²) in [6.07, 6.45) is 0. The van der Waals surface area contributed by atoms with Gasteiger partial charge in [-0.1, -0.05) is 59.6 Å². The molecular weight excluding hydrogens is 369 g/mol. The number of benzene rings is 3. The summed E-state index contributed by atoms with van der Waals surface area (Å²) in [4.78, 5) is 0. The number of rotatable bonds is 8. The zero-order valence-corrected chi connectivity index (χ0v) is 15.6. The molecule has 0 atom stereocenters. The molecule has 0 heterocycles. The van der Waals surface area contributed by atoms with Crippen molar-refractivity contribution in [2.24, 2.45) is 0 Å². The molecule has 1 N–H and O–H groups in total. The summed E-state index contributed by atoms with van der Waals surface area (Å²) in [6.45, 7) is 1.54. The highest BCUT2D eigenvalue weighted by molar-refractivity contribution is 6.36. The molecule has 134 valence electrons. The molecule has 0 saturated carbocycles. The molecule has 3 rings (SSSR count). The second-order valence-electron chi connectivity index (χ2n) is 5.60. The molecule has 3 aromatic rings. The lowest BCUT2D eigenvalue weighted by Crippen LogP contribution is -2.11. The van der Waals surface area contributed by atoms with Crippen LogP contribution in [0.3, 0.4) is 0 Å². The number of nitrogens with one attached hydrogen (secondary N) is 1. The van der Waals surface area contributed by atoms with Gasteiger partial charge in [0.2, 0.25) is 0 Å². The van der Waals surface area contributed by atoms with E-state index in [0.717, 1.165) is 22.7 Å². The summed E-state index contributed by atoms with van der Waals surface area (Å²) in [7, 11) is 0. The minimum atomic E-state index is 0.466. The van der Waals surface area contributed by atoms with Crippen molar-refractivity contribution in [3.8, 4) is 11.5 Å². The number of hydrogen-bond acceptors (Lipinski definition) is 3. The Morgan fingerprint density at radius 2 is 1.50 bits per heavy atom. The normalized spacial score (nSPS) is 10.4. The summed E-state index contributed by atoms with van der Waals surface area (Å²) >= 11 is 12.1. The molecule has 0 aliphatic carbocycles. The molecule has 0 aliphatic heterocycles. The first-order chi connectivity index (χ1) is 12.7. The van der Waals surface area contributed by atoms with E-state index in [0.29, 0.717) is 29.8 Å². The maximum atomic E-state index is 6.20. The van der Waals surface area contributed by atoms with Gasteiger partial charge in [0, 0.05) is 17.1 Å². The predicted molar refractivity (Wildman–Crippen MR) is 108 cm³/mol. The maximum absolute atomic E-state index is 6.20. The molecule has 0 saturated heterocycles. The van der Waals surface area contributed by atoms with Crippen LogP contribution in [0.15, 0.2) is 72.8 Å². The Balaban J connectivity index is 1.54. The quantitative estimate of drug-likeness (QED) is 0.476. The monoisotopic (exact) mass is 387 g/mol. The standard InChI is InChI=1S/C21H19Cl2NO2/c22-17-10-11-20(19(23)14-17)24-15-16-6-4-5-9-21(16)26-13-12-25-18-7-2-1-3-8-18/h1-11,14,24H,12-13,15H2. The van der Waals surface area contributed by atoms with E-state index >= 15 is 0 Å². The van der Waals surface area contributed by atoms with Gasteiger partial charge in [0.05, 0.1) is 10.7 Å². The highest BCUT2D eigenvalue weighted by Gasteiger charge is 2.05. The third kappa shape index (κ3) is 5.32. The number of para-hydroxylation sites is 2. The lowest BCUT2D eigenvalue weighted by Gasteiger charge is -2.14. The molecular formula is C21H19Cl2NO2. The van der Waals surface area contributed by atoms with Crippen LogP contribution in [0, 0.1) is 0 Å². The van der Waals surface area contributed by atoms with E-state index in [-0.39, 0.29) is 0 Å². The highest BCUT2D eigenvalue weighted by Crippen LogP contribution is 2.27. The van der Waals surface area contributed by atoms with E-state index in [9.17, 15) is 0 Å². The van der Waals surface area contributed by atoms with Gasteiger partial charge in [-0.25, -0.2) is 0 Å². The van der Waals surface area contributed by atoms with Crippen molar-refractivity contribution < 1.29 is 9.47 Å². The average molecular weight is 388 g/mol. The fourth-order valence-electron chi connectivity index (χ4n) is 2.44. The Hall–Kier alpha value is -2.36. The van der Waals surface area contributed by atoms with Crippen LogP contribution in [0.4, 0.5) is 5.69 Å². The first-order valence-corrected chi connectivity index (χ1v) is 9.05. The van der Waals surface area contributed by atoms with Crippen LogP contribution < -0.4 is 14.8 Å². The number of halogens is 2. The molecule has 0 amide bonds. The summed E-state index contributed by atoms with van der Waals surface area (Å²) in [5, 5.41) is 4.51. The van der Waals surface area contributed by atoms with Crippen molar-refractivity contribution in [1.82, 2.24) is 0 Å². The summed E-state index contributed by atoms with van der Waals surface area (Å²) in [5.74, 6) is 1.66. The van der Waals surface area contributed by atoms with E-state index in [1.165, 1.54) is 0 Å². The van der Waals surface area contributed by atoms with Gasteiger partial charge in [-0.3, -0.25) is 0 Å². The van der Waals surface area contributed by atoms with Gasteiger partial charge in [0.15, 0.2) is 0 Å². The van der Waals surface area contributed by atoms with Gasteiger partial charge >= 0.3 is 0 Å².